The molecule has 0 aliphatic carbocycles. The average molecular weight is 422 g/mol. The number of anilines is 2. The molecule has 0 aliphatic rings. The Balaban J connectivity index is 1.65. The molecule has 0 unspecified atom stereocenters. The summed E-state index contributed by atoms with van der Waals surface area (Å²) in [6, 6.07) is 12.7. The maximum absolute atomic E-state index is 12.5. The van der Waals surface area contributed by atoms with Crippen LogP contribution in [0.3, 0.4) is 0 Å². The largest absolute Gasteiger partial charge is 0.376 e. The molecule has 2 aromatic carbocycles. The number of tetrazole rings is 1. The number of aromatic nitrogens is 4. The molecule has 2 amide bonds. The number of aryl methyl sites for hydroxylation is 2. The summed E-state index contributed by atoms with van der Waals surface area (Å²) in [5.74, 6) is 0.541. The van der Waals surface area contributed by atoms with E-state index in [2.05, 4.69) is 31.5 Å². The molecule has 162 valence electrons. The van der Waals surface area contributed by atoms with Gasteiger partial charge in [-0.05, 0) is 60.0 Å². The Morgan fingerprint density at radius 3 is 2.58 bits per heavy atom. The molecule has 31 heavy (non-hydrogen) atoms. The lowest BCUT2D eigenvalue weighted by molar-refractivity contribution is -0.114. The van der Waals surface area contributed by atoms with E-state index < -0.39 is 0 Å². The summed E-state index contributed by atoms with van der Waals surface area (Å²) < 4.78 is 1.65. The summed E-state index contributed by atoms with van der Waals surface area (Å²) >= 11 is 0. The van der Waals surface area contributed by atoms with Crippen molar-refractivity contribution in [2.75, 3.05) is 23.7 Å². The van der Waals surface area contributed by atoms with Gasteiger partial charge in [0.15, 0.2) is 5.82 Å². The van der Waals surface area contributed by atoms with E-state index in [0.29, 0.717) is 29.5 Å². The lowest BCUT2D eigenvalue weighted by Gasteiger charge is -2.14. The van der Waals surface area contributed by atoms with Gasteiger partial charge in [0.2, 0.25) is 5.91 Å². The molecule has 1 aromatic heterocycles. The second-order valence-electron chi connectivity index (χ2n) is 7.69. The minimum absolute atomic E-state index is 0.0407. The average Bonchev–Trinajstić information content (AvgIpc) is 3.17. The molecule has 0 bridgehead atoms. The number of nitrogens with zero attached hydrogens (tertiary/aromatic N) is 4. The first kappa shape index (κ1) is 21.9. The number of carbonyl (C=O) groups is 2. The van der Waals surface area contributed by atoms with E-state index in [1.165, 1.54) is 0 Å². The molecule has 0 saturated heterocycles. The first-order valence-electron chi connectivity index (χ1n) is 10.1. The molecule has 0 fully saturated rings. The van der Waals surface area contributed by atoms with Crippen molar-refractivity contribution in [2.45, 2.75) is 27.7 Å². The molecule has 9 nitrogen and oxygen atoms in total. The summed E-state index contributed by atoms with van der Waals surface area (Å²) in [5.41, 5.74) is 3.51. The molecule has 3 aromatic rings. The summed E-state index contributed by atoms with van der Waals surface area (Å²) in [7, 11) is 0. The highest BCUT2D eigenvalue weighted by atomic mass is 16.2. The van der Waals surface area contributed by atoms with Crippen LogP contribution in [0, 0.1) is 19.8 Å². The lowest BCUT2D eigenvalue weighted by Crippen LogP contribution is -2.29. The fourth-order valence-corrected chi connectivity index (χ4v) is 2.96. The Bertz CT molecular complexity index is 1080. The highest BCUT2D eigenvalue weighted by Crippen LogP contribution is 2.20. The van der Waals surface area contributed by atoms with Gasteiger partial charge in [0, 0.05) is 12.2 Å². The van der Waals surface area contributed by atoms with Gasteiger partial charge in [0.05, 0.1) is 23.5 Å². The fraction of sp³-hybridized carbons (Fsp3) is 0.318. The molecule has 0 saturated carbocycles. The number of para-hydroxylation sites is 1. The van der Waals surface area contributed by atoms with Crippen LogP contribution < -0.4 is 16.0 Å². The second-order valence-corrected chi connectivity index (χ2v) is 7.69. The molecule has 3 rings (SSSR count). The third-order valence-electron chi connectivity index (χ3n) is 4.63. The summed E-state index contributed by atoms with van der Waals surface area (Å²) in [6.07, 6.45) is 0. The van der Waals surface area contributed by atoms with Gasteiger partial charge in [0.1, 0.15) is 0 Å². The maximum Gasteiger partial charge on any atom is 0.253 e. The van der Waals surface area contributed by atoms with E-state index in [-0.39, 0.29) is 18.4 Å². The highest BCUT2D eigenvalue weighted by Gasteiger charge is 2.14. The molecule has 1 heterocycles. The first-order chi connectivity index (χ1) is 14.8. The van der Waals surface area contributed by atoms with Crippen molar-refractivity contribution >= 4 is 23.2 Å². The van der Waals surface area contributed by atoms with Crippen molar-refractivity contribution in [2.24, 2.45) is 5.92 Å². The Kier molecular flexibility index (Phi) is 6.96. The Hall–Kier alpha value is -3.75. The molecule has 0 spiro atoms. The van der Waals surface area contributed by atoms with E-state index in [1.807, 2.05) is 45.9 Å². The number of rotatable bonds is 8. The molecule has 0 atom stereocenters. The van der Waals surface area contributed by atoms with Gasteiger partial charge in [-0.1, -0.05) is 32.0 Å². The molecular formula is C22H27N7O2. The van der Waals surface area contributed by atoms with Gasteiger partial charge >= 0.3 is 0 Å². The van der Waals surface area contributed by atoms with Gasteiger partial charge in [-0.25, -0.2) is 0 Å². The van der Waals surface area contributed by atoms with Crippen LogP contribution in [0.25, 0.3) is 5.69 Å². The zero-order chi connectivity index (χ0) is 22.4. The number of amides is 2. The minimum Gasteiger partial charge on any atom is -0.376 e. The Morgan fingerprint density at radius 1 is 1.10 bits per heavy atom. The fourth-order valence-electron chi connectivity index (χ4n) is 2.96. The van der Waals surface area contributed by atoms with Crippen molar-refractivity contribution in [3.8, 4) is 5.69 Å². The van der Waals surface area contributed by atoms with Gasteiger partial charge in [-0.2, -0.15) is 4.68 Å². The molecular weight excluding hydrogens is 394 g/mol. The summed E-state index contributed by atoms with van der Waals surface area (Å²) in [4.78, 5) is 25.0. The van der Waals surface area contributed by atoms with Crippen LogP contribution in [0.1, 0.15) is 35.6 Å². The standard InChI is InChI=1S/C22H27N7O2/c1-14(2)12-24-22(31)18-7-5-6-8-19(18)25-21(30)13-23-17-10-9-15(3)20(11-17)29-16(4)26-27-28-29/h5-11,14,23H,12-13H2,1-4H3,(H,24,31)(H,25,30). The van der Waals surface area contributed by atoms with E-state index in [4.69, 9.17) is 0 Å². The van der Waals surface area contributed by atoms with Gasteiger partial charge in [-0.15, -0.1) is 5.10 Å². The summed E-state index contributed by atoms with van der Waals surface area (Å²) in [5, 5.41) is 20.4. The van der Waals surface area contributed by atoms with Crippen LogP contribution >= 0.6 is 0 Å². The molecule has 0 aliphatic heterocycles. The topological polar surface area (TPSA) is 114 Å². The smallest absolute Gasteiger partial charge is 0.253 e. The van der Waals surface area contributed by atoms with Crippen LogP contribution in [0.5, 0.6) is 0 Å². The van der Waals surface area contributed by atoms with Gasteiger partial charge < -0.3 is 16.0 Å². The van der Waals surface area contributed by atoms with Gasteiger partial charge in [-0.3, -0.25) is 9.59 Å². The van der Waals surface area contributed by atoms with Crippen LogP contribution in [-0.2, 0) is 4.79 Å². The number of benzene rings is 2. The molecule has 3 N–H and O–H groups in total. The number of hydrogen-bond acceptors (Lipinski definition) is 6. The van der Waals surface area contributed by atoms with E-state index in [1.54, 1.807) is 28.9 Å². The maximum atomic E-state index is 12.5. The zero-order valence-corrected chi connectivity index (χ0v) is 18.1. The third-order valence-corrected chi connectivity index (χ3v) is 4.63. The number of carbonyl (C=O) groups excluding carboxylic acids is 2. The van der Waals surface area contributed by atoms with E-state index in [0.717, 1.165) is 16.9 Å². The van der Waals surface area contributed by atoms with Crippen LogP contribution in [0.2, 0.25) is 0 Å². The van der Waals surface area contributed by atoms with Crippen molar-refractivity contribution in [1.29, 1.82) is 0 Å². The first-order valence-corrected chi connectivity index (χ1v) is 10.1. The Labute approximate surface area is 181 Å². The van der Waals surface area contributed by atoms with Crippen molar-refractivity contribution < 1.29 is 9.59 Å². The molecule has 9 heteroatoms. The predicted octanol–water partition coefficient (Wildman–Crippen LogP) is 2.72. The second kappa shape index (κ2) is 9.84. The lowest BCUT2D eigenvalue weighted by atomic mass is 10.1. The number of hydrogen-bond donors (Lipinski definition) is 3. The highest BCUT2D eigenvalue weighted by molar-refractivity contribution is 6.04. The van der Waals surface area contributed by atoms with Crippen LogP contribution in [0.15, 0.2) is 42.5 Å². The SMILES string of the molecule is Cc1ccc(NCC(=O)Nc2ccccc2C(=O)NCC(C)C)cc1-n1nnnc1C. The quantitative estimate of drug-likeness (QED) is 0.515. The Morgan fingerprint density at radius 2 is 1.87 bits per heavy atom. The number of nitrogens with one attached hydrogen (secondary N) is 3. The van der Waals surface area contributed by atoms with E-state index in [9.17, 15) is 9.59 Å². The van der Waals surface area contributed by atoms with E-state index >= 15 is 0 Å². The zero-order valence-electron chi connectivity index (χ0n) is 18.1. The van der Waals surface area contributed by atoms with Crippen LogP contribution in [0.4, 0.5) is 11.4 Å². The summed E-state index contributed by atoms with van der Waals surface area (Å²) in [6.45, 7) is 8.45. The van der Waals surface area contributed by atoms with Crippen molar-refractivity contribution in [1.82, 2.24) is 25.5 Å². The normalized spacial score (nSPS) is 10.7. The molecule has 0 radical (unpaired) electrons. The minimum atomic E-state index is -0.259. The predicted molar refractivity (Wildman–Crippen MR) is 119 cm³/mol. The van der Waals surface area contributed by atoms with Crippen molar-refractivity contribution in [3.05, 3.63) is 59.4 Å². The monoisotopic (exact) mass is 421 g/mol. The van der Waals surface area contributed by atoms with Gasteiger partial charge in [0.25, 0.3) is 5.91 Å². The van der Waals surface area contributed by atoms with Crippen molar-refractivity contribution in [3.63, 3.8) is 0 Å². The van der Waals surface area contributed by atoms with Crippen LogP contribution in [-0.4, -0.2) is 45.1 Å². The third kappa shape index (κ3) is 5.65.